The highest BCUT2D eigenvalue weighted by molar-refractivity contribution is 6.19. The number of carbonyl (C=O) groups excluding carboxylic acids is 2. The number of halogens is 1. The summed E-state index contributed by atoms with van der Waals surface area (Å²) in [5.41, 5.74) is 2.04. The summed E-state index contributed by atoms with van der Waals surface area (Å²) < 4.78 is 16.5. The molecule has 3 rings (SSSR count). The minimum atomic E-state index is -0.603. The second kappa shape index (κ2) is 8.55. The van der Waals surface area contributed by atoms with E-state index in [9.17, 15) is 9.59 Å². The number of ether oxygens (including phenoxy) is 3. The molecular formula is C21H21ClO5. The van der Waals surface area contributed by atoms with Crippen LogP contribution in [0.1, 0.15) is 38.3 Å². The van der Waals surface area contributed by atoms with E-state index in [1.54, 1.807) is 24.3 Å². The monoisotopic (exact) mass is 388 g/mol. The van der Waals surface area contributed by atoms with Gasteiger partial charge in [-0.3, -0.25) is 0 Å². The fraction of sp³-hybridized carbons (Fsp3) is 0.333. The third kappa shape index (κ3) is 4.67. The summed E-state index contributed by atoms with van der Waals surface area (Å²) in [6, 6.07) is 14.3. The van der Waals surface area contributed by atoms with Crippen LogP contribution < -0.4 is 0 Å². The molecule has 0 saturated carbocycles. The third-order valence-corrected chi connectivity index (χ3v) is 4.80. The van der Waals surface area contributed by atoms with Gasteiger partial charge >= 0.3 is 11.9 Å². The van der Waals surface area contributed by atoms with Crippen molar-refractivity contribution < 1.29 is 23.8 Å². The maximum Gasteiger partial charge on any atom is 0.338 e. The predicted molar refractivity (Wildman–Crippen MR) is 101 cm³/mol. The van der Waals surface area contributed by atoms with Crippen LogP contribution in [0.5, 0.6) is 0 Å². The first-order valence-electron chi connectivity index (χ1n) is 8.74. The molecule has 6 heteroatoms. The zero-order chi connectivity index (χ0) is 19.4. The van der Waals surface area contributed by atoms with Gasteiger partial charge in [0, 0.05) is 6.42 Å². The predicted octanol–water partition coefficient (Wildman–Crippen LogP) is 4.04. The molecule has 0 N–H and O–H groups in total. The number of rotatable bonds is 5. The molecule has 0 aliphatic carbocycles. The number of benzene rings is 2. The van der Waals surface area contributed by atoms with Crippen molar-refractivity contribution in [3.05, 3.63) is 70.8 Å². The van der Waals surface area contributed by atoms with E-state index in [4.69, 9.17) is 25.8 Å². The summed E-state index contributed by atoms with van der Waals surface area (Å²) in [6.07, 6.45) is -0.844. The van der Waals surface area contributed by atoms with Gasteiger partial charge in [0.15, 0.2) is 0 Å². The van der Waals surface area contributed by atoms with Crippen LogP contribution in [0.25, 0.3) is 0 Å². The van der Waals surface area contributed by atoms with E-state index >= 15 is 0 Å². The Balaban J connectivity index is 1.62. The summed E-state index contributed by atoms with van der Waals surface area (Å²) in [6.45, 7) is 3.64. The van der Waals surface area contributed by atoms with E-state index in [2.05, 4.69) is 0 Å². The van der Waals surface area contributed by atoms with Crippen molar-refractivity contribution in [2.75, 3.05) is 6.61 Å². The zero-order valence-corrected chi connectivity index (χ0v) is 15.9. The maximum atomic E-state index is 12.4. The largest absolute Gasteiger partial charge is 0.459 e. The number of hydrogen-bond acceptors (Lipinski definition) is 5. The minimum absolute atomic E-state index is 0.0396. The smallest absolute Gasteiger partial charge is 0.338 e. The molecule has 1 heterocycles. The SMILES string of the molecule is Cc1ccccc1C(=O)OC[C@@H]1O[C@@H](Cl)C[C@H]1OC(=O)c1ccccc1C. The second-order valence-electron chi connectivity index (χ2n) is 6.49. The zero-order valence-electron chi connectivity index (χ0n) is 15.2. The first kappa shape index (κ1) is 19.4. The van der Waals surface area contributed by atoms with Crippen LogP contribution in [0, 0.1) is 13.8 Å². The molecule has 2 aromatic rings. The molecule has 3 atom stereocenters. The molecule has 0 unspecified atom stereocenters. The van der Waals surface area contributed by atoms with Gasteiger partial charge in [-0.05, 0) is 37.1 Å². The lowest BCUT2D eigenvalue weighted by molar-refractivity contribution is -0.0323. The highest BCUT2D eigenvalue weighted by Crippen LogP contribution is 2.27. The van der Waals surface area contributed by atoms with E-state index in [1.165, 1.54) is 0 Å². The average molecular weight is 389 g/mol. The maximum absolute atomic E-state index is 12.4. The Labute approximate surface area is 163 Å². The van der Waals surface area contributed by atoms with Gasteiger partial charge in [-0.2, -0.15) is 0 Å². The van der Waals surface area contributed by atoms with Gasteiger partial charge in [0.05, 0.1) is 11.1 Å². The van der Waals surface area contributed by atoms with E-state index < -0.39 is 29.7 Å². The van der Waals surface area contributed by atoms with E-state index in [1.807, 2.05) is 38.1 Å². The van der Waals surface area contributed by atoms with Crippen LogP contribution in [0.2, 0.25) is 0 Å². The number of hydrogen-bond donors (Lipinski definition) is 0. The Morgan fingerprint density at radius 1 is 1.00 bits per heavy atom. The van der Waals surface area contributed by atoms with Gasteiger partial charge in [-0.25, -0.2) is 9.59 Å². The normalized spacial score (nSPS) is 21.7. The van der Waals surface area contributed by atoms with Crippen LogP contribution in [-0.2, 0) is 14.2 Å². The van der Waals surface area contributed by atoms with E-state index in [0.29, 0.717) is 17.5 Å². The molecule has 2 aromatic carbocycles. The molecule has 0 radical (unpaired) electrons. The Kier molecular flexibility index (Phi) is 6.14. The lowest BCUT2D eigenvalue weighted by Gasteiger charge is -2.19. The summed E-state index contributed by atoms with van der Waals surface area (Å²) in [5, 5.41) is 0. The Morgan fingerprint density at radius 3 is 2.15 bits per heavy atom. The van der Waals surface area contributed by atoms with Gasteiger partial charge in [0.2, 0.25) is 0 Å². The van der Waals surface area contributed by atoms with Gasteiger partial charge in [0.1, 0.15) is 24.4 Å². The molecule has 1 fully saturated rings. The topological polar surface area (TPSA) is 61.8 Å². The first-order valence-corrected chi connectivity index (χ1v) is 9.18. The molecule has 0 amide bonds. The summed E-state index contributed by atoms with van der Waals surface area (Å²) >= 11 is 6.07. The standard InChI is InChI=1S/C21H21ClO5/c1-13-7-3-5-9-15(13)20(23)25-12-18-17(11-19(22)26-18)27-21(24)16-10-6-4-8-14(16)2/h3-10,17-19H,11-12H2,1-2H3/t17-,18+,19-/m1/s1. The molecule has 142 valence electrons. The van der Waals surface area contributed by atoms with Crippen LogP contribution in [0.4, 0.5) is 0 Å². The Bertz CT molecular complexity index is 835. The van der Waals surface area contributed by atoms with Crippen LogP contribution in [-0.4, -0.2) is 36.3 Å². The fourth-order valence-corrected chi connectivity index (χ4v) is 3.29. The van der Waals surface area contributed by atoms with Crippen molar-refractivity contribution in [2.24, 2.45) is 0 Å². The van der Waals surface area contributed by atoms with Crippen molar-refractivity contribution in [3.63, 3.8) is 0 Å². The molecule has 1 saturated heterocycles. The van der Waals surface area contributed by atoms with Gasteiger partial charge in [-0.15, -0.1) is 0 Å². The molecule has 1 aliphatic rings. The molecule has 1 aliphatic heterocycles. The Morgan fingerprint density at radius 2 is 1.56 bits per heavy atom. The summed E-state index contributed by atoms with van der Waals surface area (Å²) in [7, 11) is 0. The first-order chi connectivity index (χ1) is 13.0. The molecule has 0 bridgehead atoms. The molecule has 0 aromatic heterocycles. The lowest BCUT2D eigenvalue weighted by Crippen LogP contribution is -2.32. The number of carbonyl (C=O) groups is 2. The summed E-state index contributed by atoms with van der Waals surface area (Å²) in [5.74, 6) is -0.888. The quantitative estimate of drug-likeness (QED) is 0.571. The van der Waals surface area contributed by atoms with Crippen LogP contribution in [0.3, 0.4) is 0 Å². The van der Waals surface area contributed by atoms with Gasteiger partial charge in [-0.1, -0.05) is 48.0 Å². The molecule has 27 heavy (non-hydrogen) atoms. The highest BCUT2D eigenvalue weighted by Gasteiger charge is 2.38. The highest BCUT2D eigenvalue weighted by atomic mass is 35.5. The van der Waals surface area contributed by atoms with Gasteiger partial charge in [0.25, 0.3) is 0 Å². The number of aryl methyl sites for hydroxylation is 2. The lowest BCUT2D eigenvalue weighted by atomic mass is 10.1. The van der Waals surface area contributed by atoms with E-state index in [-0.39, 0.29) is 6.61 Å². The van der Waals surface area contributed by atoms with Crippen molar-refractivity contribution >= 4 is 23.5 Å². The number of esters is 2. The Hall–Kier alpha value is -2.37. The van der Waals surface area contributed by atoms with E-state index in [0.717, 1.165) is 11.1 Å². The molecular weight excluding hydrogens is 368 g/mol. The van der Waals surface area contributed by atoms with Crippen molar-refractivity contribution in [1.29, 1.82) is 0 Å². The molecule has 0 spiro atoms. The van der Waals surface area contributed by atoms with Crippen LogP contribution in [0.15, 0.2) is 48.5 Å². The minimum Gasteiger partial charge on any atom is -0.459 e. The summed E-state index contributed by atoms with van der Waals surface area (Å²) in [4.78, 5) is 24.7. The van der Waals surface area contributed by atoms with Crippen molar-refractivity contribution in [1.82, 2.24) is 0 Å². The van der Waals surface area contributed by atoms with Crippen molar-refractivity contribution in [3.8, 4) is 0 Å². The third-order valence-electron chi connectivity index (χ3n) is 4.52. The fourth-order valence-electron chi connectivity index (χ4n) is 2.98. The van der Waals surface area contributed by atoms with Gasteiger partial charge < -0.3 is 14.2 Å². The second-order valence-corrected chi connectivity index (χ2v) is 6.98. The average Bonchev–Trinajstić information content (AvgIpc) is 2.99. The number of alkyl halides is 1. The van der Waals surface area contributed by atoms with Crippen molar-refractivity contribution in [2.45, 2.75) is 38.0 Å². The molecule has 5 nitrogen and oxygen atoms in total. The van der Waals surface area contributed by atoms with Crippen LogP contribution >= 0.6 is 11.6 Å².